The molecule has 2 heterocycles. The summed E-state index contributed by atoms with van der Waals surface area (Å²) in [5.41, 5.74) is 6.63. The maximum Gasteiger partial charge on any atom is 0.235 e. The Balaban J connectivity index is 2.45. The van der Waals surface area contributed by atoms with Crippen molar-refractivity contribution in [1.29, 1.82) is 0 Å². The van der Waals surface area contributed by atoms with Crippen molar-refractivity contribution in [1.82, 2.24) is 4.98 Å². The first-order chi connectivity index (χ1) is 7.00. The van der Waals surface area contributed by atoms with Crippen molar-refractivity contribution in [3.05, 3.63) is 18.5 Å². The first kappa shape index (κ1) is 10.2. The lowest BCUT2D eigenvalue weighted by Crippen LogP contribution is -2.26. The van der Waals surface area contributed by atoms with Crippen LogP contribution in [0.4, 0.5) is 11.4 Å². The molecule has 1 aliphatic heterocycles. The van der Waals surface area contributed by atoms with Crippen LogP contribution in [0.25, 0.3) is 0 Å². The minimum atomic E-state index is -3.19. The number of nitrogens with zero attached hydrogens (tertiary/aromatic N) is 2. The maximum atomic E-state index is 11.8. The third-order valence-electron chi connectivity index (χ3n) is 2.40. The molecule has 1 fully saturated rings. The maximum absolute atomic E-state index is 11.8. The monoisotopic (exact) mass is 227 g/mol. The van der Waals surface area contributed by atoms with Gasteiger partial charge in [-0.25, -0.2) is 8.42 Å². The van der Waals surface area contributed by atoms with Crippen LogP contribution >= 0.6 is 0 Å². The van der Waals surface area contributed by atoms with Crippen molar-refractivity contribution in [2.45, 2.75) is 6.92 Å². The van der Waals surface area contributed by atoms with Gasteiger partial charge in [0, 0.05) is 12.7 Å². The average Bonchev–Trinajstić information content (AvgIpc) is 2.40. The molecule has 2 rings (SSSR count). The quantitative estimate of drug-likeness (QED) is 0.755. The van der Waals surface area contributed by atoms with Crippen LogP contribution in [0.15, 0.2) is 18.5 Å². The first-order valence-corrected chi connectivity index (χ1v) is 6.31. The first-order valence-electron chi connectivity index (χ1n) is 4.70. The standard InChI is InChI=1S/C9H13N3O2S/c1-7-5-12(15(13,14)6-7)9-2-3-11-4-8(9)10/h2-4,7H,5-6,10H2,1H3. The molecule has 1 aromatic rings. The van der Waals surface area contributed by atoms with E-state index in [1.807, 2.05) is 6.92 Å². The second kappa shape index (κ2) is 3.37. The minimum Gasteiger partial charge on any atom is -0.396 e. The number of sulfonamides is 1. The summed E-state index contributed by atoms with van der Waals surface area (Å²) in [5, 5.41) is 0. The predicted molar refractivity (Wildman–Crippen MR) is 58.9 cm³/mol. The molecule has 1 atom stereocenters. The van der Waals surface area contributed by atoms with E-state index in [2.05, 4.69) is 4.98 Å². The molecule has 1 aliphatic rings. The Kier molecular flexibility index (Phi) is 2.30. The van der Waals surface area contributed by atoms with E-state index < -0.39 is 10.0 Å². The third kappa shape index (κ3) is 1.77. The molecule has 0 aromatic carbocycles. The molecule has 1 saturated heterocycles. The number of aromatic nitrogens is 1. The van der Waals surface area contributed by atoms with Crippen LogP contribution in [0.5, 0.6) is 0 Å². The number of nitrogens with two attached hydrogens (primary N) is 1. The van der Waals surface area contributed by atoms with Gasteiger partial charge in [0.05, 0.1) is 23.3 Å². The van der Waals surface area contributed by atoms with Gasteiger partial charge in [-0.05, 0) is 12.0 Å². The van der Waals surface area contributed by atoms with Gasteiger partial charge in [-0.2, -0.15) is 0 Å². The summed E-state index contributed by atoms with van der Waals surface area (Å²) in [6.45, 7) is 2.41. The highest BCUT2D eigenvalue weighted by Gasteiger charge is 2.34. The summed E-state index contributed by atoms with van der Waals surface area (Å²) >= 11 is 0. The van der Waals surface area contributed by atoms with Gasteiger partial charge in [0.2, 0.25) is 10.0 Å². The summed E-state index contributed by atoms with van der Waals surface area (Å²) in [6, 6.07) is 1.63. The van der Waals surface area contributed by atoms with E-state index >= 15 is 0 Å². The fourth-order valence-electron chi connectivity index (χ4n) is 1.77. The fourth-order valence-corrected chi connectivity index (χ4v) is 3.73. The van der Waals surface area contributed by atoms with Gasteiger partial charge < -0.3 is 5.73 Å². The SMILES string of the molecule is CC1CN(c2ccncc2N)S(=O)(=O)C1. The van der Waals surface area contributed by atoms with Gasteiger partial charge in [-0.3, -0.25) is 9.29 Å². The summed E-state index contributed by atoms with van der Waals surface area (Å²) in [5.74, 6) is 0.331. The van der Waals surface area contributed by atoms with Gasteiger partial charge >= 0.3 is 0 Å². The Morgan fingerprint density at radius 1 is 1.60 bits per heavy atom. The minimum absolute atomic E-state index is 0.141. The number of hydrogen-bond acceptors (Lipinski definition) is 4. The summed E-state index contributed by atoms with van der Waals surface area (Å²) in [6.07, 6.45) is 3.01. The molecule has 2 N–H and O–H groups in total. The lowest BCUT2D eigenvalue weighted by atomic mass is 10.2. The second-order valence-corrected chi connectivity index (χ2v) is 5.79. The zero-order chi connectivity index (χ0) is 11.1. The molecule has 0 bridgehead atoms. The summed E-state index contributed by atoms with van der Waals surface area (Å²) < 4.78 is 24.9. The van der Waals surface area contributed by atoms with E-state index in [0.29, 0.717) is 17.9 Å². The normalized spacial score (nSPS) is 24.3. The zero-order valence-corrected chi connectivity index (χ0v) is 9.24. The van der Waals surface area contributed by atoms with Crippen molar-refractivity contribution in [3.63, 3.8) is 0 Å². The highest BCUT2D eigenvalue weighted by atomic mass is 32.2. The number of rotatable bonds is 1. The third-order valence-corrected chi connectivity index (χ3v) is 4.41. The summed E-state index contributed by atoms with van der Waals surface area (Å²) in [7, 11) is -3.19. The van der Waals surface area contributed by atoms with E-state index in [-0.39, 0.29) is 11.7 Å². The molecule has 0 aliphatic carbocycles. The lowest BCUT2D eigenvalue weighted by molar-refractivity contribution is 0.598. The molecule has 0 spiro atoms. The Bertz CT molecular complexity index is 472. The molecule has 5 nitrogen and oxygen atoms in total. The molecule has 15 heavy (non-hydrogen) atoms. The lowest BCUT2D eigenvalue weighted by Gasteiger charge is -2.18. The number of pyridine rings is 1. The molecule has 0 amide bonds. The molecule has 6 heteroatoms. The van der Waals surface area contributed by atoms with E-state index in [1.165, 1.54) is 10.5 Å². The van der Waals surface area contributed by atoms with Crippen LogP contribution in [0.1, 0.15) is 6.92 Å². The zero-order valence-electron chi connectivity index (χ0n) is 8.42. The van der Waals surface area contributed by atoms with Crippen molar-refractivity contribution in [3.8, 4) is 0 Å². The van der Waals surface area contributed by atoms with Gasteiger partial charge in [0.15, 0.2) is 0 Å². The van der Waals surface area contributed by atoms with E-state index in [4.69, 9.17) is 5.73 Å². The highest BCUT2D eigenvalue weighted by Crippen LogP contribution is 2.30. The van der Waals surface area contributed by atoms with Crippen LogP contribution in [0, 0.1) is 5.92 Å². The molecular formula is C9H13N3O2S. The van der Waals surface area contributed by atoms with Crippen LogP contribution in [-0.4, -0.2) is 25.7 Å². The topological polar surface area (TPSA) is 76.3 Å². The van der Waals surface area contributed by atoms with Gasteiger partial charge in [0.1, 0.15) is 0 Å². The van der Waals surface area contributed by atoms with E-state index in [0.717, 1.165) is 0 Å². The van der Waals surface area contributed by atoms with Gasteiger partial charge in [-0.1, -0.05) is 6.92 Å². The second-order valence-electron chi connectivity index (χ2n) is 3.85. The van der Waals surface area contributed by atoms with Crippen LogP contribution < -0.4 is 10.0 Å². The van der Waals surface area contributed by atoms with Crippen molar-refractivity contribution >= 4 is 21.4 Å². The van der Waals surface area contributed by atoms with Crippen LogP contribution in [0.2, 0.25) is 0 Å². The predicted octanol–water partition coefficient (Wildman–Crippen LogP) is 0.450. The van der Waals surface area contributed by atoms with Crippen molar-refractivity contribution < 1.29 is 8.42 Å². The van der Waals surface area contributed by atoms with Crippen LogP contribution in [-0.2, 0) is 10.0 Å². The molecule has 1 unspecified atom stereocenters. The molecule has 1 aromatic heterocycles. The average molecular weight is 227 g/mol. The summed E-state index contributed by atoms with van der Waals surface area (Å²) in [4.78, 5) is 3.84. The number of anilines is 2. The molecular weight excluding hydrogens is 214 g/mol. The fraction of sp³-hybridized carbons (Fsp3) is 0.444. The van der Waals surface area contributed by atoms with E-state index in [9.17, 15) is 8.42 Å². The molecule has 82 valence electrons. The Hall–Kier alpha value is -1.30. The van der Waals surface area contributed by atoms with Crippen molar-refractivity contribution in [2.24, 2.45) is 5.92 Å². The smallest absolute Gasteiger partial charge is 0.235 e. The van der Waals surface area contributed by atoms with E-state index in [1.54, 1.807) is 12.3 Å². The van der Waals surface area contributed by atoms with Crippen LogP contribution in [0.3, 0.4) is 0 Å². The van der Waals surface area contributed by atoms with Crippen molar-refractivity contribution in [2.75, 3.05) is 22.3 Å². The van der Waals surface area contributed by atoms with Gasteiger partial charge in [0.25, 0.3) is 0 Å². The number of hydrogen-bond donors (Lipinski definition) is 1. The Morgan fingerprint density at radius 2 is 2.33 bits per heavy atom. The van der Waals surface area contributed by atoms with Gasteiger partial charge in [-0.15, -0.1) is 0 Å². The number of nitrogen functional groups attached to an aromatic ring is 1. The Morgan fingerprint density at radius 3 is 2.87 bits per heavy atom. The molecule has 0 saturated carbocycles. The largest absolute Gasteiger partial charge is 0.396 e. The highest BCUT2D eigenvalue weighted by molar-refractivity contribution is 7.93. The molecule has 0 radical (unpaired) electrons. The Labute approximate surface area is 89.0 Å².